The number of thioether (sulfide) groups is 1. The normalized spacial score (nSPS) is 11.1. The average molecular weight is 220 g/mol. The van der Waals surface area contributed by atoms with Gasteiger partial charge in [0.05, 0.1) is 12.5 Å². The van der Waals surface area contributed by atoms with E-state index in [0.717, 1.165) is 5.56 Å². The zero-order valence-electron chi connectivity index (χ0n) is 9.37. The van der Waals surface area contributed by atoms with Gasteiger partial charge in [0.15, 0.2) is 0 Å². The SMILES string of the molecule is CC(C)(C)Sc1ccc(N)c(CC#N)c1. The molecule has 0 saturated heterocycles. The molecule has 0 heterocycles. The van der Waals surface area contributed by atoms with E-state index in [2.05, 4.69) is 26.8 Å². The summed E-state index contributed by atoms with van der Waals surface area (Å²) in [5.74, 6) is 0. The Labute approximate surface area is 95.5 Å². The summed E-state index contributed by atoms with van der Waals surface area (Å²) in [5.41, 5.74) is 7.41. The molecule has 3 heteroatoms. The first-order valence-corrected chi connectivity index (χ1v) is 5.68. The number of benzene rings is 1. The van der Waals surface area contributed by atoms with Crippen molar-refractivity contribution in [1.29, 1.82) is 5.26 Å². The van der Waals surface area contributed by atoms with E-state index >= 15 is 0 Å². The van der Waals surface area contributed by atoms with Gasteiger partial charge in [0.1, 0.15) is 0 Å². The van der Waals surface area contributed by atoms with Gasteiger partial charge in [-0.3, -0.25) is 0 Å². The van der Waals surface area contributed by atoms with E-state index in [1.165, 1.54) is 4.90 Å². The molecule has 0 aromatic heterocycles. The van der Waals surface area contributed by atoms with Crippen LogP contribution in [0.15, 0.2) is 23.1 Å². The first-order chi connectivity index (χ1) is 6.92. The molecule has 2 nitrogen and oxygen atoms in total. The second-order valence-corrected chi connectivity index (χ2v) is 6.31. The lowest BCUT2D eigenvalue weighted by Gasteiger charge is -2.18. The summed E-state index contributed by atoms with van der Waals surface area (Å²) in [6.07, 6.45) is 0.379. The van der Waals surface area contributed by atoms with Gasteiger partial charge in [0, 0.05) is 15.3 Å². The van der Waals surface area contributed by atoms with Gasteiger partial charge in [0.25, 0.3) is 0 Å². The minimum absolute atomic E-state index is 0.181. The van der Waals surface area contributed by atoms with E-state index in [0.29, 0.717) is 12.1 Å². The average Bonchev–Trinajstić information content (AvgIpc) is 2.09. The molecule has 0 aliphatic heterocycles. The summed E-state index contributed by atoms with van der Waals surface area (Å²) in [6, 6.07) is 8.02. The Hall–Kier alpha value is -1.14. The van der Waals surface area contributed by atoms with Gasteiger partial charge >= 0.3 is 0 Å². The first kappa shape index (κ1) is 11.9. The Morgan fingerprint density at radius 2 is 2.07 bits per heavy atom. The molecule has 2 N–H and O–H groups in total. The van der Waals surface area contributed by atoms with Gasteiger partial charge < -0.3 is 5.73 Å². The van der Waals surface area contributed by atoms with Crippen molar-refractivity contribution in [3.63, 3.8) is 0 Å². The molecule has 0 unspecified atom stereocenters. The maximum Gasteiger partial charge on any atom is 0.0670 e. The van der Waals surface area contributed by atoms with Crippen LogP contribution in [0.25, 0.3) is 0 Å². The van der Waals surface area contributed by atoms with E-state index in [9.17, 15) is 0 Å². The summed E-state index contributed by atoms with van der Waals surface area (Å²) in [6.45, 7) is 6.49. The first-order valence-electron chi connectivity index (χ1n) is 4.87. The van der Waals surface area contributed by atoms with Crippen molar-refractivity contribution in [3.8, 4) is 6.07 Å². The fraction of sp³-hybridized carbons (Fsp3) is 0.417. The van der Waals surface area contributed by atoms with Crippen molar-refractivity contribution in [2.24, 2.45) is 0 Å². The summed E-state index contributed by atoms with van der Waals surface area (Å²) in [5, 5.41) is 8.66. The van der Waals surface area contributed by atoms with Crippen LogP contribution in [0.1, 0.15) is 26.3 Å². The number of hydrogen-bond donors (Lipinski definition) is 1. The predicted octanol–water partition coefficient (Wildman–Crippen LogP) is 3.23. The zero-order valence-corrected chi connectivity index (χ0v) is 10.2. The monoisotopic (exact) mass is 220 g/mol. The summed E-state index contributed by atoms with van der Waals surface area (Å²) in [4.78, 5) is 1.17. The van der Waals surface area contributed by atoms with Crippen LogP contribution in [0.2, 0.25) is 0 Å². The number of nitrogens with zero attached hydrogens (tertiary/aromatic N) is 1. The number of rotatable bonds is 2. The quantitative estimate of drug-likeness (QED) is 0.615. The minimum atomic E-state index is 0.181. The highest BCUT2D eigenvalue weighted by atomic mass is 32.2. The van der Waals surface area contributed by atoms with Crippen LogP contribution >= 0.6 is 11.8 Å². The van der Waals surface area contributed by atoms with Crippen molar-refractivity contribution in [3.05, 3.63) is 23.8 Å². The molecule has 0 saturated carbocycles. The second-order valence-electron chi connectivity index (χ2n) is 4.41. The molecular weight excluding hydrogens is 204 g/mol. The second kappa shape index (κ2) is 4.59. The maximum absolute atomic E-state index is 8.66. The highest BCUT2D eigenvalue weighted by Crippen LogP contribution is 2.33. The molecule has 0 amide bonds. The molecule has 0 aliphatic rings. The minimum Gasteiger partial charge on any atom is -0.398 e. The molecule has 0 aliphatic carbocycles. The molecule has 0 spiro atoms. The molecule has 0 bridgehead atoms. The van der Waals surface area contributed by atoms with E-state index in [4.69, 9.17) is 11.0 Å². The lowest BCUT2D eigenvalue weighted by Crippen LogP contribution is -2.06. The number of nitrogen functional groups attached to an aromatic ring is 1. The number of anilines is 1. The maximum atomic E-state index is 8.66. The third-order valence-electron chi connectivity index (χ3n) is 1.81. The van der Waals surface area contributed by atoms with Crippen molar-refractivity contribution in [2.45, 2.75) is 36.8 Å². The zero-order chi connectivity index (χ0) is 11.5. The Morgan fingerprint density at radius 1 is 1.40 bits per heavy atom. The van der Waals surface area contributed by atoms with Crippen molar-refractivity contribution < 1.29 is 0 Å². The molecule has 0 radical (unpaired) electrons. The molecule has 1 aromatic rings. The Kier molecular flexibility index (Phi) is 3.65. The van der Waals surface area contributed by atoms with Gasteiger partial charge in [-0.15, -0.1) is 11.8 Å². The van der Waals surface area contributed by atoms with Gasteiger partial charge in [-0.25, -0.2) is 0 Å². The van der Waals surface area contributed by atoms with Crippen LogP contribution in [0.4, 0.5) is 5.69 Å². The molecule has 1 aromatic carbocycles. The van der Waals surface area contributed by atoms with E-state index in [1.807, 2.05) is 18.2 Å². The summed E-state index contributed by atoms with van der Waals surface area (Å²) in [7, 11) is 0. The van der Waals surface area contributed by atoms with Gasteiger partial charge in [-0.2, -0.15) is 5.26 Å². The van der Waals surface area contributed by atoms with E-state index in [-0.39, 0.29) is 4.75 Å². The third-order valence-corrected chi connectivity index (χ3v) is 2.91. The van der Waals surface area contributed by atoms with Crippen LogP contribution in [0, 0.1) is 11.3 Å². The van der Waals surface area contributed by atoms with Crippen LogP contribution in [0.5, 0.6) is 0 Å². The topological polar surface area (TPSA) is 49.8 Å². The van der Waals surface area contributed by atoms with Crippen molar-refractivity contribution >= 4 is 17.4 Å². The lowest BCUT2D eigenvalue weighted by atomic mass is 10.1. The highest BCUT2D eigenvalue weighted by molar-refractivity contribution is 8.00. The number of hydrogen-bond acceptors (Lipinski definition) is 3. The molecule has 0 fully saturated rings. The smallest absolute Gasteiger partial charge is 0.0670 e. The number of nitrogens with two attached hydrogens (primary N) is 1. The number of nitriles is 1. The summed E-state index contributed by atoms with van der Waals surface area (Å²) >= 11 is 1.78. The van der Waals surface area contributed by atoms with Crippen molar-refractivity contribution in [1.82, 2.24) is 0 Å². The van der Waals surface area contributed by atoms with E-state index < -0.39 is 0 Å². The Balaban J connectivity index is 2.93. The van der Waals surface area contributed by atoms with Gasteiger partial charge in [-0.05, 0) is 23.8 Å². The fourth-order valence-electron chi connectivity index (χ4n) is 1.24. The molecule has 80 valence electrons. The fourth-order valence-corrected chi connectivity index (χ4v) is 2.28. The Morgan fingerprint density at radius 3 is 2.60 bits per heavy atom. The predicted molar refractivity (Wildman–Crippen MR) is 65.8 cm³/mol. The largest absolute Gasteiger partial charge is 0.398 e. The Bertz CT molecular complexity index is 386. The standard InChI is InChI=1S/C12H16N2S/c1-12(2,3)15-10-4-5-11(14)9(8-10)6-7-13/h4-5,8H,6,14H2,1-3H3. The van der Waals surface area contributed by atoms with Crippen LogP contribution in [0.3, 0.4) is 0 Å². The molecular formula is C12H16N2S. The van der Waals surface area contributed by atoms with E-state index in [1.54, 1.807) is 11.8 Å². The molecule has 0 atom stereocenters. The van der Waals surface area contributed by atoms with Crippen molar-refractivity contribution in [2.75, 3.05) is 5.73 Å². The lowest BCUT2D eigenvalue weighted by molar-refractivity contribution is 0.802. The molecule has 15 heavy (non-hydrogen) atoms. The van der Waals surface area contributed by atoms with Gasteiger partial charge in [0.2, 0.25) is 0 Å². The summed E-state index contributed by atoms with van der Waals surface area (Å²) < 4.78 is 0.181. The van der Waals surface area contributed by atoms with Gasteiger partial charge in [-0.1, -0.05) is 20.8 Å². The van der Waals surface area contributed by atoms with Crippen LogP contribution in [-0.4, -0.2) is 4.75 Å². The van der Waals surface area contributed by atoms with Crippen LogP contribution < -0.4 is 5.73 Å². The highest BCUT2D eigenvalue weighted by Gasteiger charge is 2.12. The molecule has 1 rings (SSSR count). The third kappa shape index (κ3) is 3.85. The van der Waals surface area contributed by atoms with Crippen LogP contribution in [-0.2, 0) is 6.42 Å².